The van der Waals surface area contributed by atoms with E-state index in [1.807, 2.05) is 6.92 Å². The molecule has 2 rings (SSSR count). The van der Waals surface area contributed by atoms with Gasteiger partial charge in [-0.25, -0.2) is 13.4 Å². The van der Waals surface area contributed by atoms with Crippen molar-refractivity contribution in [3.63, 3.8) is 0 Å². The summed E-state index contributed by atoms with van der Waals surface area (Å²) in [6, 6.07) is 0. The Morgan fingerprint density at radius 2 is 2.12 bits per heavy atom. The zero-order valence-electron chi connectivity index (χ0n) is 9.98. The Morgan fingerprint density at radius 3 is 2.71 bits per heavy atom. The number of hydrogen-bond acceptors (Lipinski definition) is 5. The second kappa shape index (κ2) is 4.42. The molecule has 1 aromatic rings. The third kappa shape index (κ3) is 2.69. The van der Waals surface area contributed by atoms with Gasteiger partial charge in [-0.2, -0.15) is 0 Å². The SMILES string of the molecule is CC1(c2ncc(CCN)o2)CCS(=O)(=O)CC1. The average molecular weight is 258 g/mol. The Kier molecular flexibility index (Phi) is 3.27. The molecule has 6 heteroatoms. The molecule has 0 amide bonds. The fourth-order valence-electron chi connectivity index (χ4n) is 2.05. The molecule has 17 heavy (non-hydrogen) atoms. The van der Waals surface area contributed by atoms with E-state index in [2.05, 4.69) is 4.98 Å². The summed E-state index contributed by atoms with van der Waals surface area (Å²) in [5, 5.41) is 0. The second-order valence-electron chi connectivity index (χ2n) is 4.88. The van der Waals surface area contributed by atoms with Gasteiger partial charge in [0.1, 0.15) is 15.6 Å². The van der Waals surface area contributed by atoms with Gasteiger partial charge in [-0.3, -0.25) is 0 Å². The molecule has 96 valence electrons. The first-order chi connectivity index (χ1) is 7.95. The first kappa shape index (κ1) is 12.6. The van der Waals surface area contributed by atoms with Gasteiger partial charge >= 0.3 is 0 Å². The molecule has 1 aliphatic rings. The number of oxazole rings is 1. The minimum atomic E-state index is -2.85. The van der Waals surface area contributed by atoms with Crippen LogP contribution in [0.3, 0.4) is 0 Å². The summed E-state index contributed by atoms with van der Waals surface area (Å²) < 4.78 is 28.5. The van der Waals surface area contributed by atoms with Crippen LogP contribution < -0.4 is 5.73 Å². The predicted molar refractivity (Wildman–Crippen MR) is 64.5 cm³/mol. The standard InChI is InChI=1S/C11H18N2O3S/c1-11(3-6-17(14,15)7-4-11)10-13-8-9(16-10)2-5-12/h8H,2-7,12H2,1H3. The smallest absolute Gasteiger partial charge is 0.200 e. The molecule has 2 N–H and O–H groups in total. The van der Waals surface area contributed by atoms with Crippen molar-refractivity contribution in [2.24, 2.45) is 5.73 Å². The van der Waals surface area contributed by atoms with E-state index >= 15 is 0 Å². The Balaban J connectivity index is 2.15. The molecule has 0 aliphatic carbocycles. The first-order valence-corrected chi connectivity index (χ1v) is 7.63. The molecule has 5 nitrogen and oxygen atoms in total. The molecule has 1 saturated heterocycles. The van der Waals surface area contributed by atoms with Crippen molar-refractivity contribution in [2.45, 2.75) is 31.6 Å². The lowest BCUT2D eigenvalue weighted by atomic mass is 9.84. The van der Waals surface area contributed by atoms with E-state index in [1.165, 1.54) is 0 Å². The van der Waals surface area contributed by atoms with Crippen molar-refractivity contribution in [1.29, 1.82) is 0 Å². The van der Waals surface area contributed by atoms with Crippen molar-refractivity contribution in [1.82, 2.24) is 4.98 Å². The maximum Gasteiger partial charge on any atom is 0.200 e. The lowest BCUT2D eigenvalue weighted by Gasteiger charge is -2.30. The molecule has 0 aromatic carbocycles. The van der Waals surface area contributed by atoms with Gasteiger partial charge in [0.2, 0.25) is 0 Å². The van der Waals surface area contributed by atoms with Crippen LogP contribution in [0, 0.1) is 0 Å². The summed E-state index contributed by atoms with van der Waals surface area (Å²) in [7, 11) is -2.85. The van der Waals surface area contributed by atoms with Gasteiger partial charge in [-0.05, 0) is 19.4 Å². The van der Waals surface area contributed by atoms with Crippen LogP contribution in [0.5, 0.6) is 0 Å². The van der Waals surface area contributed by atoms with Gasteiger partial charge < -0.3 is 10.2 Å². The van der Waals surface area contributed by atoms with Crippen molar-refractivity contribution in [3.8, 4) is 0 Å². The molecule has 1 fully saturated rings. The molecule has 0 atom stereocenters. The highest BCUT2D eigenvalue weighted by atomic mass is 32.2. The maximum atomic E-state index is 11.4. The van der Waals surface area contributed by atoms with Crippen LogP contribution in [0.25, 0.3) is 0 Å². The van der Waals surface area contributed by atoms with Crippen LogP contribution in [0.4, 0.5) is 0 Å². The highest BCUT2D eigenvalue weighted by Gasteiger charge is 2.38. The van der Waals surface area contributed by atoms with Gasteiger partial charge in [-0.1, -0.05) is 6.92 Å². The van der Waals surface area contributed by atoms with Crippen molar-refractivity contribution in [2.75, 3.05) is 18.1 Å². The average Bonchev–Trinajstić information content (AvgIpc) is 2.73. The third-order valence-corrected chi connectivity index (χ3v) is 5.04. The van der Waals surface area contributed by atoms with Gasteiger partial charge in [0.15, 0.2) is 5.89 Å². The minimum Gasteiger partial charge on any atom is -0.445 e. The number of hydrogen-bond donors (Lipinski definition) is 1. The Labute approximate surface area is 101 Å². The zero-order chi connectivity index (χ0) is 12.5. The van der Waals surface area contributed by atoms with Gasteiger partial charge in [-0.15, -0.1) is 0 Å². The Morgan fingerprint density at radius 1 is 1.47 bits per heavy atom. The zero-order valence-corrected chi connectivity index (χ0v) is 10.8. The number of nitrogens with two attached hydrogens (primary N) is 1. The molecule has 0 bridgehead atoms. The molecule has 1 aliphatic heterocycles. The summed E-state index contributed by atoms with van der Waals surface area (Å²) in [6.07, 6.45) is 3.52. The summed E-state index contributed by atoms with van der Waals surface area (Å²) in [6.45, 7) is 2.54. The van der Waals surface area contributed by atoms with Crippen molar-refractivity contribution >= 4 is 9.84 Å². The molecule has 0 spiro atoms. The van der Waals surface area contributed by atoms with Crippen LogP contribution in [0.2, 0.25) is 0 Å². The Hall–Kier alpha value is -0.880. The number of nitrogens with zero attached hydrogens (tertiary/aromatic N) is 1. The van der Waals surface area contributed by atoms with Crippen LogP contribution in [-0.2, 0) is 21.7 Å². The molecule has 2 heterocycles. The lowest BCUT2D eigenvalue weighted by Crippen LogP contribution is -2.34. The Bertz CT molecular complexity index is 479. The minimum absolute atomic E-state index is 0.220. The van der Waals surface area contributed by atoms with Crippen LogP contribution in [0.15, 0.2) is 10.6 Å². The molecule has 0 saturated carbocycles. The van der Waals surface area contributed by atoms with Gasteiger partial charge in [0.25, 0.3) is 0 Å². The largest absolute Gasteiger partial charge is 0.445 e. The van der Waals surface area contributed by atoms with Crippen LogP contribution in [-0.4, -0.2) is 31.5 Å². The predicted octanol–water partition coefficient (Wildman–Crippen LogP) is 0.642. The summed E-state index contributed by atoms with van der Waals surface area (Å²) >= 11 is 0. The topological polar surface area (TPSA) is 86.2 Å². The molecular formula is C11H18N2O3S. The molecule has 0 unspecified atom stereocenters. The monoisotopic (exact) mass is 258 g/mol. The van der Waals surface area contributed by atoms with Crippen molar-refractivity contribution in [3.05, 3.63) is 17.8 Å². The fraction of sp³-hybridized carbons (Fsp3) is 0.727. The lowest BCUT2D eigenvalue weighted by molar-refractivity contribution is 0.308. The summed E-state index contributed by atoms with van der Waals surface area (Å²) in [4.78, 5) is 4.26. The van der Waals surface area contributed by atoms with Gasteiger partial charge in [0, 0.05) is 11.8 Å². The van der Waals surface area contributed by atoms with E-state index < -0.39 is 9.84 Å². The number of sulfone groups is 1. The highest BCUT2D eigenvalue weighted by molar-refractivity contribution is 7.91. The van der Waals surface area contributed by atoms with E-state index in [0.29, 0.717) is 31.7 Å². The molecular weight excluding hydrogens is 240 g/mol. The van der Waals surface area contributed by atoms with E-state index in [1.54, 1.807) is 6.20 Å². The third-order valence-electron chi connectivity index (χ3n) is 3.39. The quantitative estimate of drug-likeness (QED) is 0.860. The number of rotatable bonds is 3. The second-order valence-corrected chi connectivity index (χ2v) is 7.19. The summed E-state index contributed by atoms with van der Waals surface area (Å²) in [5.74, 6) is 1.86. The normalized spacial score (nSPS) is 22.5. The fourth-order valence-corrected chi connectivity index (χ4v) is 3.77. The van der Waals surface area contributed by atoms with E-state index in [-0.39, 0.29) is 16.9 Å². The van der Waals surface area contributed by atoms with Crippen LogP contribution >= 0.6 is 0 Å². The van der Waals surface area contributed by atoms with Crippen LogP contribution in [0.1, 0.15) is 31.4 Å². The highest BCUT2D eigenvalue weighted by Crippen LogP contribution is 2.35. The van der Waals surface area contributed by atoms with E-state index in [4.69, 9.17) is 10.2 Å². The number of aromatic nitrogens is 1. The first-order valence-electron chi connectivity index (χ1n) is 5.81. The maximum absolute atomic E-state index is 11.4. The molecule has 1 aromatic heterocycles. The molecule has 0 radical (unpaired) electrons. The van der Waals surface area contributed by atoms with E-state index in [0.717, 1.165) is 5.76 Å². The summed E-state index contributed by atoms with van der Waals surface area (Å²) in [5.41, 5.74) is 5.20. The van der Waals surface area contributed by atoms with Gasteiger partial charge in [0.05, 0.1) is 17.7 Å². The van der Waals surface area contributed by atoms with Crippen molar-refractivity contribution < 1.29 is 12.8 Å². The van der Waals surface area contributed by atoms with E-state index in [9.17, 15) is 8.42 Å².